The molecule has 1 aromatic carbocycles. The van der Waals surface area contributed by atoms with Crippen LogP contribution in [0.15, 0.2) is 24.3 Å². The second-order valence-corrected chi connectivity index (χ2v) is 6.28. The average Bonchev–Trinajstić information content (AvgIpc) is 2.58. The smallest absolute Gasteiger partial charge is 0.239 e. The summed E-state index contributed by atoms with van der Waals surface area (Å²) < 4.78 is 13.4. The Kier molecular flexibility index (Phi) is 5.28. The molecule has 8 heteroatoms. The molecule has 2 N–H and O–H groups in total. The summed E-state index contributed by atoms with van der Waals surface area (Å²) in [5.74, 6) is -0.950. The van der Waals surface area contributed by atoms with Crippen molar-refractivity contribution in [2.45, 2.75) is 19.0 Å². The normalized spacial score (nSPS) is 21.6. The van der Waals surface area contributed by atoms with E-state index in [2.05, 4.69) is 10.6 Å². The monoisotopic (exact) mass is 348 g/mol. The highest BCUT2D eigenvalue weighted by Crippen LogP contribution is 2.16. The van der Waals surface area contributed by atoms with E-state index < -0.39 is 6.04 Å². The van der Waals surface area contributed by atoms with Crippen molar-refractivity contribution in [2.24, 2.45) is 0 Å². The van der Waals surface area contributed by atoms with Gasteiger partial charge in [0.2, 0.25) is 17.7 Å². The van der Waals surface area contributed by atoms with Gasteiger partial charge in [-0.3, -0.25) is 19.3 Å². The fourth-order valence-electron chi connectivity index (χ4n) is 3.19. The van der Waals surface area contributed by atoms with Gasteiger partial charge in [0, 0.05) is 32.7 Å². The number of nitrogens with one attached hydrogen (secondary N) is 2. The summed E-state index contributed by atoms with van der Waals surface area (Å²) in [5, 5.41) is 5.44. The molecule has 134 valence electrons. The first-order valence-electron chi connectivity index (χ1n) is 8.33. The van der Waals surface area contributed by atoms with Crippen LogP contribution < -0.4 is 10.6 Å². The Morgan fingerprint density at radius 3 is 2.76 bits per heavy atom. The zero-order valence-corrected chi connectivity index (χ0v) is 13.8. The average molecular weight is 348 g/mol. The van der Waals surface area contributed by atoms with E-state index in [1.165, 1.54) is 17.0 Å². The third-order valence-corrected chi connectivity index (χ3v) is 4.48. The first kappa shape index (κ1) is 17.3. The fraction of sp³-hybridized carbons (Fsp3) is 0.471. The van der Waals surface area contributed by atoms with Gasteiger partial charge in [-0.2, -0.15) is 0 Å². The molecule has 2 fully saturated rings. The van der Waals surface area contributed by atoms with Crippen LogP contribution in [-0.4, -0.2) is 66.3 Å². The van der Waals surface area contributed by atoms with Gasteiger partial charge >= 0.3 is 0 Å². The Bertz CT molecular complexity index is 682. The van der Waals surface area contributed by atoms with Crippen LogP contribution in [0.2, 0.25) is 0 Å². The number of piperazine rings is 2. The fourth-order valence-corrected chi connectivity index (χ4v) is 3.19. The molecule has 2 saturated heterocycles. The first-order valence-corrected chi connectivity index (χ1v) is 8.33. The van der Waals surface area contributed by atoms with Crippen LogP contribution in [0.1, 0.15) is 12.0 Å². The van der Waals surface area contributed by atoms with Crippen LogP contribution in [-0.2, 0) is 20.9 Å². The summed E-state index contributed by atoms with van der Waals surface area (Å²) in [6.45, 7) is 2.36. The lowest BCUT2D eigenvalue weighted by Gasteiger charge is -2.36. The number of carbonyl (C=O) groups excluding carboxylic acids is 3. The van der Waals surface area contributed by atoms with Gasteiger partial charge in [-0.1, -0.05) is 12.1 Å². The van der Waals surface area contributed by atoms with E-state index in [4.69, 9.17) is 0 Å². The van der Waals surface area contributed by atoms with Gasteiger partial charge in [-0.25, -0.2) is 4.39 Å². The number of rotatable bonds is 4. The molecule has 0 unspecified atom stereocenters. The van der Waals surface area contributed by atoms with Crippen LogP contribution in [0.4, 0.5) is 4.39 Å². The molecule has 0 bridgehead atoms. The Balaban J connectivity index is 1.68. The van der Waals surface area contributed by atoms with Crippen molar-refractivity contribution in [3.63, 3.8) is 0 Å². The van der Waals surface area contributed by atoms with E-state index in [-0.39, 0.29) is 36.5 Å². The Labute approximate surface area is 145 Å². The minimum atomic E-state index is -0.616. The van der Waals surface area contributed by atoms with Crippen molar-refractivity contribution in [2.75, 3.05) is 32.7 Å². The van der Waals surface area contributed by atoms with Gasteiger partial charge in [0.1, 0.15) is 5.82 Å². The molecule has 0 aromatic heterocycles. The van der Waals surface area contributed by atoms with E-state index in [0.29, 0.717) is 32.7 Å². The highest BCUT2D eigenvalue weighted by molar-refractivity contribution is 5.91. The zero-order valence-electron chi connectivity index (χ0n) is 13.8. The van der Waals surface area contributed by atoms with Crippen molar-refractivity contribution in [3.8, 4) is 0 Å². The largest absolute Gasteiger partial charge is 0.353 e. The molecule has 2 heterocycles. The molecule has 3 amide bonds. The number of halogens is 1. The number of hydrogen-bond acceptors (Lipinski definition) is 4. The lowest BCUT2D eigenvalue weighted by Crippen LogP contribution is -2.57. The molecule has 0 radical (unpaired) electrons. The lowest BCUT2D eigenvalue weighted by molar-refractivity contribution is -0.142. The number of benzene rings is 1. The van der Waals surface area contributed by atoms with Gasteiger partial charge in [0.15, 0.2) is 0 Å². The number of nitrogens with zero attached hydrogens (tertiary/aromatic N) is 2. The highest BCUT2D eigenvalue weighted by atomic mass is 19.1. The lowest BCUT2D eigenvalue weighted by atomic mass is 10.1. The number of carbonyl (C=O) groups is 3. The molecule has 3 rings (SSSR count). The molecule has 25 heavy (non-hydrogen) atoms. The van der Waals surface area contributed by atoms with Crippen LogP contribution in [0.3, 0.4) is 0 Å². The molecular weight excluding hydrogens is 327 g/mol. The summed E-state index contributed by atoms with van der Waals surface area (Å²) >= 11 is 0. The van der Waals surface area contributed by atoms with E-state index in [0.717, 1.165) is 5.56 Å². The summed E-state index contributed by atoms with van der Waals surface area (Å²) in [5.41, 5.74) is 0.754. The van der Waals surface area contributed by atoms with Gasteiger partial charge in [0.05, 0.1) is 19.0 Å². The van der Waals surface area contributed by atoms with Gasteiger partial charge in [-0.15, -0.1) is 0 Å². The molecule has 1 aromatic rings. The second-order valence-electron chi connectivity index (χ2n) is 6.28. The first-order chi connectivity index (χ1) is 12.0. The Hall–Kier alpha value is -2.48. The van der Waals surface area contributed by atoms with Crippen LogP contribution in [0, 0.1) is 5.82 Å². The molecule has 0 saturated carbocycles. The molecule has 1 atom stereocenters. The van der Waals surface area contributed by atoms with Crippen molar-refractivity contribution in [1.82, 2.24) is 20.4 Å². The van der Waals surface area contributed by atoms with Gasteiger partial charge < -0.3 is 15.5 Å². The number of amides is 3. The van der Waals surface area contributed by atoms with Crippen molar-refractivity contribution in [3.05, 3.63) is 35.6 Å². The third-order valence-electron chi connectivity index (χ3n) is 4.48. The third kappa shape index (κ3) is 4.33. The van der Waals surface area contributed by atoms with Crippen molar-refractivity contribution >= 4 is 17.7 Å². The zero-order chi connectivity index (χ0) is 17.8. The quantitative estimate of drug-likeness (QED) is 0.767. The number of hydrogen-bond donors (Lipinski definition) is 2. The van der Waals surface area contributed by atoms with E-state index in [1.54, 1.807) is 12.1 Å². The van der Waals surface area contributed by atoms with Crippen LogP contribution >= 0.6 is 0 Å². The van der Waals surface area contributed by atoms with Crippen molar-refractivity contribution in [1.29, 1.82) is 0 Å². The molecule has 0 spiro atoms. The minimum Gasteiger partial charge on any atom is -0.353 e. The van der Waals surface area contributed by atoms with Gasteiger partial charge in [-0.05, 0) is 17.7 Å². The summed E-state index contributed by atoms with van der Waals surface area (Å²) in [7, 11) is 0. The molecule has 7 nitrogen and oxygen atoms in total. The summed E-state index contributed by atoms with van der Waals surface area (Å²) in [4.78, 5) is 39.6. The molecule has 2 aliphatic heterocycles. The molecule has 0 aliphatic carbocycles. The Morgan fingerprint density at radius 1 is 1.20 bits per heavy atom. The topological polar surface area (TPSA) is 81.8 Å². The van der Waals surface area contributed by atoms with Crippen LogP contribution in [0.25, 0.3) is 0 Å². The van der Waals surface area contributed by atoms with Gasteiger partial charge in [0.25, 0.3) is 0 Å². The molecular formula is C17H21FN4O3. The standard InChI is InChI=1S/C17H21FN4O3/c18-13-3-1-2-12(8-13)10-21-6-5-20-17(25)14(21)9-16(24)22-7-4-19-15(23)11-22/h1-3,8,14H,4-7,9-11H2,(H,19,23)(H,20,25)/t14-/m0/s1. The van der Waals surface area contributed by atoms with E-state index in [1.807, 2.05) is 4.90 Å². The summed E-state index contributed by atoms with van der Waals surface area (Å²) in [6.07, 6.45) is 0.00836. The van der Waals surface area contributed by atoms with E-state index >= 15 is 0 Å². The molecule has 2 aliphatic rings. The minimum absolute atomic E-state index is 0.00836. The maximum absolute atomic E-state index is 13.4. The Morgan fingerprint density at radius 2 is 2.00 bits per heavy atom. The van der Waals surface area contributed by atoms with E-state index in [9.17, 15) is 18.8 Å². The second kappa shape index (κ2) is 7.60. The SMILES string of the molecule is O=C1CN(C(=O)C[C@H]2C(=O)NCCN2Cc2cccc(F)c2)CCN1. The highest BCUT2D eigenvalue weighted by Gasteiger charge is 2.33. The predicted molar refractivity (Wildman–Crippen MR) is 87.8 cm³/mol. The summed E-state index contributed by atoms with van der Waals surface area (Å²) in [6, 6.07) is 5.61. The maximum Gasteiger partial charge on any atom is 0.239 e. The maximum atomic E-state index is 13.4. The van der Waals surface area contributed by atoms with Crippen LogP contribution in [0.5, 0.6) is 0 Å². The van der Waals surface area contributed by atoms with Crippen molar-refractivity contribution < 1.29 is 18.8 Å². The predicted octanol–water partition coefficient (Wildman–Crippen LogP) is -0.525.